The summed E-state index contributed by atoms with van der Waals surface area (Å²) in [6.45, 7) is 0. The summed E-state index contributed by atoms with van der Waals surface area (Å²) < 4.78 is 55.5. The molecule has 10 heteroatoms. The lowest BCUT2D eigenvalue weighted by atomic mass is 10.3. The summed E-state index contributed by atoms with van der Waals surface area (Å²) in [5.74, 6) is -0.515. The van der Waals surface area contributed by atoms with Crippen LogP contribution in [0.15, 0.2) is 39.7 Å². The molecule has 24 heavy (non-hydrogen) atoms. The molecule has 2 aromatic rings. The first-order chi connectivity index (χ1) is 11.1. The topological polar surface area (TPSA) is 47.4 Å². The van der Waals surface area contributed by atoms with Gasteiger partial charge in [-0.1, -0.05) is 6.07 Å². The molecule has 0 spiro atoms. The molecule has 5 nitrogen and oxygen atoms in total. The van der Waals surface area contributed by atoms with Gasteiger partial charge in [-0.05, 0) is 28.1 Å². The fourth-order valence-corrected chi connectivity index (χ4v) is 2.43. The number of alkyl halides is 4. The van der Waals surface area contributed by atoms with E-state index in [1.807, 2.05) is 0 Å². The Morgan fingerprint density at radius 1 is 1.33 bits per heavy atom. The number of rotatable bonds is 5. The predicted octanol–water partition coefficient (Wildman–Crippen LogP) is 3.30. The van der Waals surface area contributed by atoms with Crippen molar-refractivity contribution in [1.82, 2.24) is 9.78 Å². The maximum absolute atomic E-state index is 13.0. The maximum Gasteiger partial charge on any atom is 0.461 e. The smallest absolute Gasteiger partial charge is 0.428 e. The Morgan fingerprint density at radius 3 is 2.58 bits per heavy atom. The molecule has 1 aromatic carbocycles. The van der Waals surface area contributed by atoms with Gasteiger partial charge in [0.05, 0.1) is 17.6 Å². The van der Waals surface area contributed by atoms with Gasteiger partial charge < -0.3 is 9.64 Å². The van der Waals surface area contributed by atoms with Crippen LogP contribution in [-0.4, -0.2) is 36.4 Å². The van der Waals surface area contributed by atoms with E-state index in [9.17, 15) is 22.4 Å². The highest BCUT2D eigenvalue weighted by atomic mass is 79.9. The Bertz CT molecular complexity index is 796. The molecule has 0 unspecified atom stereocenters. The predicted molar refractivity (Wildman–Crippen MR) is 83.4 cm³/mol. The van der Waals surface area contributed by atoms with E-state index in [0.717, 1.165) is 16.8 Å². The van der Waals surface area contributed by atoms with Crippen LogP contribution in [0, 0.1) is 0 Å². The molecule has 0 radical (unpaired) electrons. The minimum Gasteiger partial charge on any atom is -0.428 e. The Labute approximate surface area is 142 Å². The average molecular weight is 410 g/mol. The maximum atomic E-state index is 13.0. The number of aromatic nitrogens is 2. The van der Waals surface area contributed by atoms with Crippen molar-refractivity contribution in [3.8, 4) is 11.4 Å². The van der Waals surface area contributed by atoms with Crippen molar-refractivity contribution in [3.63, 3.8) is 0 Å². The number of ether oxygens (including phenoxy) is 1. The monoisotopic (exact) mass is 409 g/mol. The standard InChI is InChI=1S/C14H12BrF4N3O2/c1-21(2)10-7-20-22(12(23)11(10)15)8-4-3-5-9(6-8)24-14(18,19)13(16)17/h3-7,13H,1-2H3. The largest absolute Gasteiger partial charge is 0.461 e. The van der Waals surface area contributed by atoms with Crippen LogP contribution < -0.4 is 15.2 Å². The molecule has 0 saturated carbocycles. The zero-order valence-electron chi connectivity index (χ0n) is 12.5. The lowest BCUT2D eigenvalue weighted by Crippen LogP contribution is -2.33. The van der Waals surface area contributed by atoms with Crippen LogP contribution in [0.2, 0.25) is 0 Å². The minimum atomic E-state index is -4.63. The quantitative estimate of drug-likeness (QED) is 0.710. The molecule has 0 aliphatic heterocycles. The van der Waals surface area contributed by atoms with E-state index in [0.29, 0.717) is 5.69 Å². The molecule has 1 heterocycles. The molecule has 0 aliphatic rings. The van der Waals surface area contributed by atoms with E-state index in [1.165, 1.54) is 18.3 Å². The lowest BCUT2D eigenvalue weighted by molar-refractivity contribution is -0.253. The second kappa shape index (κ2) is 6.80. The van der Waals surface area contributed by atoms with Gasteiger partial charge in [-0.2, -0.15) is 27.3 Å². The first-order valence-electron chi connectivity index (χ1n) is 6.54. The number of nitrogens with zero attached hydrogens (tertiary/aromatic N) is 3. The first-order valence-corrected chi connectivity index (χ1v) is 7.33. The summed E-state index contributed by atoms with van der Waals surface area (Å²) in [6, 6.07) is 4.79. The van der Waals surface area contributed by atoms with Crippen molar-refractivity contribution in [2.75, 3.05) is 19.0 Å². The molecular weight excluding hydrogens is 398 g/mol. The van der Waals surface area contributed by atoms with Gasteiger partial charge in [0, 0.05) is 20.2 Å². The zero-order chi connectivity index (χ0) is 18.1. The molecule has 1 aromatic heterocycles. The minimum absolute atomic E-state index is 0.0913. The molecule has 2 rings (SSSR count). The second-order valence-electron chi connectivity index (χ2n) is 4.92. The van der Waals surface area contributed by atoms with Crippen LogP contribution >= 0.6 is 15.9 Å². The van der Waals surface area contributed by atoms with Gasteiger partial charge >= 0.3 is 12.5 Å². The van der Waals surface area contributed by atoms with Crippen LogP contribution in [-0.2, 0) is 0 Å². The van der Waals surface area contributed by atoms with Crippen molar-refractivity contribution < 1.29 is 22.3 Å². The van der Waals surface area contributed by atoms with Crippen LogP contribution in [0.5, 0.6) is 5.75 Å². The van der Waals surface area contributed by atoms with Gasteiger partial charge in [-0.15, -0.1) is 0 Å². The summed E-state index contributed by atoms with van der Waals surface area (Å²) in [5, 5.41) is 3.94. The van der Waals surface area contributed by atoms with Crippen LogP contribution in [0.4, 0.5) is 23.2 Å². The van der Waals surface area contributed by atoms with Gasteiger partial charge in [0.1, 0.15) is 10.2 Å². The van der Waals surface area contributed by atoms with Gasteiger partial charge in [-0.25, -0.2) is 0 Å². The number of halogens is 5. The van der Waals surface area contributed by atoms with Crippen molar-refractivity contribution in [3.05, 3.63) is 45.3 Å². The number of hydrogen-bond donors (Lipinski definition) is 0. The summed E-state index contributed by atoms with van der Waals surface area (Å²) in [6.07, 6.45) is -7.21. The molecule has 0 fully saturated rings. The zero-order valence-corrected chi connectivity index (χ0v) is 14.1. The van der Waals surface area contributed by atoms with Gasteiger partial charge in [0.25, 0.3) is 5.56 Å². The Hall–Kier alpha value is -2.10. The normalized spacial score (nSPS) is 11.7. The molecule has 0 amide bonds. The van der Waals surface area contributed by atoms with Gasteiger partial charge in [0.2, 0.25) is 0 Å². The van der Waals surface area contributed by atoms with Gasteiger partial charge in [0.15, 0.2) is 0 Å². The van der Waals surface area contributed by atoms with Gasteiger partial charge in [-0.3, -0.25) is 4.79 Å². The van der Waals surface area contributed by atoms with Crippen molar-refractivity contribution in [2.45, 2.75) is 12.5 Å². The molecule has 0 atom stereocenters. The highest BCUT2D eigenvalue weighted by molar-refractivity contribution is 9.10. The van der Waals surface area contributed by atoms with Crippen LogP contribution in [0.1, 0.15) is 0 Å². The summed E-state index contributed by atoms with van der Waals surface area (Å²) in [7, 11) is 3.43. The fourth-order valence-electron chi connectivity index (χ4n) is 1.80. The van der Waals surface area contributed by atoms with E-state index in [-0.39, 0.29) is 10.2 Å². The molecule has 0 saturated heterocycles. The van der Waals surface area contributed by atoms with E-state index in [1.54, 1.807) is 19.0 Å². The number of benzene rings is 1. The molecular formula is C14H12BrF4N3O2. The molecule has 0 aliphatic carbocycles. The molecule has 130 valence electrons. The van der Waals surface area contributed by atoms with E-state index in [4.69, 9.17) is 0 Å². The van der Waals surface area contributed by atoms with Crippen molar-refractivity contribution in [1.29, 1.82) is 0 Å². The molecule has 0 bridgehead atoms. The highest BCUT2D eigenvalue weighted by Crippen LogP contribution is 2.28. The third-order valence-electron chi connectivity index (χ3n) is 2.95. The third kappa shape index (κ3) is 3.69. The van der Waals surface area contributed by atoms with Crippen molar-refractivity contribution >= 4 is 21.6 Å². The lowest BCUT2D eigenvalue weighted by Gasteiger charge is -2.18. The first kappa shape index (κ1) is 18.2. The van der Waals surface area contributed by atoms with Crippen LogP contribution in [0.3, 0.4) is 0 Å². The average Bonchev–Trinajstić information content (AvgIpc) is 2.49. The van der Waals surface area contributed by atoms with E-state index >= 15 is 0 Å². The fraction of sp³-hybridized carbons (Fsp3) is 0.286. The summed E-state index contributed by atoms with van der Waals surface area (Å²) in [5.41, 5.74) is 0.0698. The van der Waals surface area contributed by atoms with E-state index < -0.39 is 23.8 Å². The number of hydrogen-bond acceptors (Lipinski definition) is 4. The SMILES string of the molecule is CN(C)c1cnn(-c2cccc(OC(F)(F)C(F)F)c2)c(=O)c1Br. The summed E-state index contributed by atoms with van der Waals surface area (Å²) in [4.78, 5) is 14.0. The molecule has 0 N–H and O–H groups in total. The third-order valence-corrected chi connectivity index (χ3v) is 3.70. The highest BCUT2D eigenvalue weighted by Gasteiger charge is 2.44. The number of anilines is 1. The Balaban J connectivity index is 2.43. The van der Waals surface area contributed by atoms with E-state index in [2.05, 4.69) is 25.8 Å². The van der Waals surface area contributed by atoms with Crippen LogP contribution in [0.25, 0.3) is 5.69 Å². The second-order valence-corrected chi connectivity index (χ2v) is 5.71. The summed E-state index contributed by atoms with van der Waals surface area (Å²) >= 11 is 3.15. The Kier molecular flexibility index (Phi) is 5.16. The van der Waals surface area contributed by atoms with Crippen molar-refractivity contribution in [2.24, 2.45) is 0 Å². The Morgan fingerprint density at radius 2 is 2.00 bits per heavy atom.